The summed E-state index contributed by atoms with van der Waals surface area (Å²) in [6, 6.07) is 8.07. The summed E-state index contributed by atoms with van der Waals surface area (Å²) < 4.78 is 0. The number of hydrogen-bond donors (Lipinski definition) is 1. The molecule has 1 aromatic carbocycles. The second-order valence-corrected chi connectivity index (χ2v) is 6.49. The minimum Gasteiger partial charge on any atom is -0.372 e. The smallest absolute Gasteiger partial charge is 0.227 e. The maximum Gasteiger partial charge on any atom is 0.227 e. The quantitative estimate of drug-likeness (QED) is 0.925. The van der Waals surface area contributed by atoms with E-state index in [2.05, 4.69) is 24.0 Å². The lowest BCUT2D eigenvalue weighted by Crippen LogP contribution is -2.32. The summed E-state index contributed by atoms with van der Waals surface area (Å²) >= 11 is 0. The van der Waals surface area contributed by atoms with E-state index in [1.165, 1.54) is 18.5 Å². The summed E-state index contributed by atoms with van der Waals surface area (Å²) in [5, 5.41) is 0. The lowest BCUT2D eigenvalue weighted by Gasteiger charge is -2.32. The normalized spacial score (nSPS) is 23.1. The Labute approximate surface area is 131 Å². The van der Waals surface area contributed by atoms with E-state index >= 15 is 0 Å². The van der Waals surface area contributed by atoms with E-state index in [1.807, 2.05) is 12.1 Å². The molecule has 0 aromatic heterocycles. The molecule has 2 N–H and O–H groups in total. The fraction of sp³-hybridized carbons (Fsp3) is 0.529. The van der Waals surface area contributed by atoms with Crippen molar-refractivity contribution in [1.29, 1.82) is 0 Å². The predicted molar refractivity (Wildman–Crippen MR) is 86.7 cm³/mol. The molecule has 2 aliphatic heterocycles. The second kappa shape index (κ2) is 5.99. The Bertz CT molecular complexity index is 562. The molecule has 2 aliphatic rings. The van der Waals surface area contributed by atoms with Gasteiger partial charge in [0, 0.05) is 37.4 Å². The van der Waals surface area contributed by atoms with Gasteiger partial charge in [0.05, 0.1) is 5.92 Å². The number of nitrogens with two attached hydrogens (primary N) is 1. The number of amides is 2. The number of benzene rings is 1. The van der Waals surface area contributed by atoms with Gasteiger partial charge >= 0.3 is 0 Å². The maximum absolute atomic E-state index is 12.0. The van der Waals surface area contributed by atoms with Gasteiger partial charge in [-0.2, -0.15) is 0 Å². The van der Waals surface area contributed by atoms with Crippen molar-refractivity contribution in [2.75, 3.05) is 29.4 Å². The fourth-order valence-electron chi connectivity index (χ4n) is 3.26. The van der Waals surface area contributed by atoms with Gasteiger partial charge < -0.3 is 15.5 Å². The molecule has 2 heterocycles. The fourth-order valence-corrected chi connectivity index (χ4v) is 3.26. The van der Waals surface area contributed by atoms with Gasteiger partial charge in [-0.05, 0) is 43.0 Å². The molecule has 118 valence electrons. The van der Waals surface area contributed by atoms with Crippen LogP contribution in [0.25, 0.3) is 0 Å². The first-order chi connectivity index (χ1) is 10.5. The van der Waals surface area contributed by atoms with Gasteiger partial charge in [0.15, 0.2) is 0 Å². The Morgan fingerprint density at radius 1 is 1.14 bits per heavy atom. The van der Waals surface area contributed by atoms with Crippen LogP contribution in [0, 0.1) is 11.8 Å². The predicted octanol–water partition coefficient (Wildman–Crippen LogP) is 1.76. The van der Waals surface area contributed by atoms with E-state index in [4.69, 9.17) is 5.73 Å². The molecule has 2 amide bonds. The van der Waals surface area contributed by atoms with E-state index in [0.29, 0.717) is 6.54 Å². The minimum atomic E-state index is -0.394. The first-order valence-electron chi connectivity index (χ1n) is 7.99. The molecule has 0 aliphatic carbocycles. The highest BCUT2D eigenvalue weighted by molar-refractivity contribution is 6.00. The first-order valence-corrected chi connectivity index (χ1v) is 7.99. The number of hydrogen-bond acceptors (Lipinski definition) is 3. The molecule has 1 aromatic rings. The number of rotatable bonds is 3. The monoisotopic (exact) mass is 301 g/mol. The zero-order valence-electron chi connectivity index (χ0n) is 13.0. The molecule has 0 bridgehead atoms. The average molecular weight is 301 g/mol. The summed E-state index contributed by atoms with van der Waals surface area (Å²) in [6.45, 7) is 4.88. The van der Waals surface area contributed by atoms with Crippen molar-refractivity contribution in [3.05, 3.63) is 24.3 Å². The highest BCUT2D eigenvalue weighted by atomic mass is 16.2. The molecule has 1 atom stereocenters. The van der Waals surface area contributed by atoms with Crippen LogP contribution in [0.15, 0.2) is 24.3 Å². The summed E-state index contributed by atoms with van der Waals surface area (Å²) in [5.74, 6) is 0.0255. The van der Waals surface area contributed by atoms with Gasteiger partial charge in [-0.15, -0.1) is 0 Å². The average Bonchev–Trinajstić information content (AvgIpc) is 2.91. The SMILES string of the molecule is CC1CCN(c2ccc(N3C[C@H](C(N)=O)CC3=O)cc2)CC1. The van der Waals surface area contributed by atoms with Gasteiger partial charge in [0.25, 0.3) is 0 Å². The van der Waals surface area contributed by atoms with Crippen LogP contribution in [0.1, 0.15) is 26.2 Å². The van der Waals surface area contributed by atoms with Crippen molar-refractivity contribution < 1.29 is 9.59 Å². The van der Waals surface area contributed by atoms with Crippen LogP contribution < -0.4 is 15.5 Å². The molecule has 5 nitrogen and oxygen atoms in total. The molecule has 0 unspecified atom stereocenters. The van der Waals surface area contributed by atoms with E-state index in [0.717, 1.165) is 24.7 Å². The van der Waals surface area contributed by atoms with Crippen molar-refractivity contribution in [1.82, 2.24) is 0 Å². The molecular weight excluding hydrogens is 278 g/mol. The van der Waals surface area contributed by atoms with E-state index in [1.54, 1.807) is 4.90 Å². The van der Waals surface area contributed by atoms with E-state index < -0.39 is 5.91 Å². The van der Waals surface area contributed by atoms with Crippen LogP contribution in [0.5, 0.6) is 0 Å². The van der Waals surface area contributed by atoms with Gasteiger partial charge in [0.1, 0.15) is 0 Å². The minimum absolute atomic E-state index is 0.0247. The molecule has 0 saturated carbocycles. The second-order valence-electron chi connectivity index (χ2n) is 6.49. The first kappa shape index (κ1) is 14.9. The van der Waals surface area contributed by atoms with Gasteiger partial charge in [-0.3, -0.25) is 9.59 Å². The number of nitrogens with zero attached hydrogens (tertiary/aromatic N) is 2. The van der Waals surface area contributed by atoms with E-state index in [9.17, 15) is 9.59 Å². The van der Waals surface area contributed by atoms with Crippen LogP contribution in [0.2, 0.25) is 0 Å². The number of primary amides is 1. The van der Waals surface area contributed by atoms with Crippen LogP contribution >= 0.6 is 0 Å². The highest BCUT2D eigenvalue weighted by Gasteiger charge is 2.33. The van der Waals surface area contributed by atoms with Gasteiger partial charge in [-0.1, -0.05) is 6.92 Å². The Morgan fingerprint density at radius 2 is 1.73 bits per heavy atom. The lowest BCUT2D eigenvalue weighted by atomic mass is 9.99. The Kier molecular flexibility index (Phi) is 4.05. The summed E-state index contributed by atoms with van der Waals surface area (Å²) in [7, 11) is 0. The number of anilines is 2. The number of carbonyl (C=O) groups excluding carboxylic acids is 2. The number of piperidine rings is 1. The van der Waals surface area contributed by atoms with Crippen LogP contribution in [0.4, 0.5) is 11.4 Å². The maximum atomic E-state index is 12.0. The zero-order chi connectivity index (χ0) is 15.7. The number of carbonyl (C=O) groups is 2. The molecule has 0 spiro atoms. The summed E-state index contributed by atoms with van der Waals surface area (Å²) in [5.41, 5.74) is 7.36. The summed E-state index contributed by atoms with van der Waals surface area (Å²) in [4.78, 5) is 27.3. The molecule has 22 heavy (non-hydrogen) atoms. The Hall–Kier alpha value is -2.04. The van der Waals surface area contributed by atoms with Crippen LogP contribution in [-0.4, -0.2) is 31.4 Å². The van der Waals surface area contributed by atoms with Crippen molar-refractivity contribution in [3.8, 4) is 0 Å². The van der Waals surface area contributed by atoms with Crippen molar-refractivity contribution in [3.63, 3.8) is 0 Å². The highest BCUT2D eigenvalue weighted by Crippen LogP contribution is 2.28. The van der Waals surface area contributed by atoms with Gasteiger partial charge in [-0.25, -0.2) is 0 Å². The zero-order valence-corrected chi connectivity index (χ0v) is 13.0. The van der Waals surface area contributed by atoms with Crippen LogP contribution in [-0.2, 0) is 9.59 Å². The van der Waals surface area contributed by atoms with Crippen molar-refractivity contribution in [2.24, 2.45) is 17.6 Å². The Balaban J connectivity index is 1.69. The molecule has 5 heteroatoms. The third-order valence-electron chi connectivity index (χ3n) is 4.84. The van der Waals surface area contributed by atoms with Crippen molar-refractivity contribution >= 4 is 23.2 Å². The molecule has 3 rings (SSSR count). The molecule has 2 saturated heterocycles. The van der Waals surface area contributed by atoms with Crippen LogP contribution in [0.3, 0.4) is 0 Å². The Morgan fingerprint density at radius 3 is 2.27 bits per heavy atom. The van der Waals surface area contributed by atoms with Gasteiger partial charge in [0.2, 0.25) is 11.8 Å². The van der Waals surface area contributed by atoms with E-state index in [-0.39, 0.29) is 18.2 Å². The molecular formula is C17H23N3O2. The summed E-state index contributed by atoms with van der Waals surface area (Å²) in [6.07, 6.45) is 2.68. The largest absolute Gasteiger partial charge is 0.372 e. The standard InChI is InChI=1S/C17H23N3O2/c1-12-6-8-19(9-7-12)14-2-4-15(5-3-14)20-11-13(17(18)22)10-16(20)21/h2-5,12-13H,6-11H2,1H3,(H2,18,22)/t13-/m1/s1. The third-order valence-corrected chi connectivity index (χ3v) is 4.84. The topological polar surface area (TPSA) is 66.6 Å². The third kappa shape index (κ3) is 2.93. The molecule has 2 fully saturated rings. The van der Waals surface area contributed by atoms with Crippen molar-refractivity contribution in [2.45, 2.75) is 26.2 Å². The molecule has 0 radical (unpaired) electrons. The lowest BCUT2D eigenvalue weighted by molar-refractivity contribution is -0.123.